The van der Waals surface area contributed by atoms with Crippen LogP contribution in [0.5, 0.6) is 0 Å². The van der Waals surface area contributed by atoms with Gasteiger partial charge in [0.25, 0.3) is 0 Å². The molecule has 0 bridgehead atoms. The molecule has 1 unspecified atom stereocenters. The monoisotopic (exact) mass is 335 g/mol. The van der Waals surface area contributed by atoms with Crippen LogP contribution in [0.3, 0.4) is 0 Å². The molecule has 0 spiro atoms. The zero-order chi connectivity index (χ0) is 14.5. The number of benzene rings is 2. The van der Waals surface area contributed by atoms with E-state index >= 15 is 0 Å². The SMILES string of the molecule is Cc1ccc(F)cc1CNC(C)Cc1ccc(Br)cc1. The quantitative estimate of drug-likeness (QED) is 0.840. The van der Waals surface area contributed by atoms with Crippen LogP contribution < -0.4 is 5.32 Å². The van der Waals surface area contributed by atoms with Crippen LogP contribution >= 0.6 is 15.9 Å². The fourth-order valence-electron chi connectivity index (χ4n) is 2.16. The summed E-state index contributed by atoms with van der Waals surface area (Å²) in [7, 11) is 0. The van der Waals surface area contributed by atoms with E-state index in [9.17, 15) is 4.39 Å². The minimum absolute atomic E-state index is 0.173. The van der Waals surface area contributed by atoms with E-state index in [4.69, 9.17) is 0 Å². The normalized spacial score (nSPS) is 12.4. The van der Waals surface area contributed by atoms with Crippen molar-refractivity contribution in [2.45, 2.75) is 32.9 Å². The number of nitrogens with one attached hydrogen (secondary N) is 1. The Kier molecular flexibility index (Phi) is 5.32. The molecule has 0 saturated carbocycles. The van der Waals surface area contributed by atoms with Crippen LogP contribution in [0.25, 0.3) is 0 Å². The van der Waals surface area contributed by atoms with Gasteiger partial charge in [-0.3, -0.25) is 0 Å². The fraction of sp³-hybridized carbons (Fsp3) is 0.294. The first kappa shape index (κ1) is 15.2. The molecule has 0 aliphatic heterocycles. The molecule has 0 saturated heterocycles. The minimum Gasteiger partial charge on any atom is -0.310 e. The van der Waals surface area contributed by atoms with Crippen LogP contribution in [0.15, 0.2) is 46.9 Å². The van der Waals surface area contributed by atoms with Crippen molar-refractivity contribution < 1.29 is 4.39 Å². The molecule has 2 aromatic carbocycles. The maximum absolute atomic E-state index is 13.2. The lowest BCUT2D eigenvalue weighted by atomic mass is 10.1. The number of hydrogen-bond donors (Lipinski definition) is 1. The van der Waals surface area contributed by atoms with E-state index in [1.165, 1.54) is 11.6 Å². The highest BCUT2D eigenvalue weighted by Crippen LogP contribution is 2.13. The lowest BCUT2D eigenvalue weighted by Crippen LogP contribution is -2.27. The highest BCUT2D eigenvalue weighted by molar-refractivity contribution is 9.10. The van der Waals surface area contributed by atoms with Gasteiger partial charge in [0.1, 0.15) is 5.82 Å². The van der Waals surface area contributed by atoms with Gasteiger partial charge in [0, 0.05) is 17.1 Å². The van der Waals surface area contributed by atoms with Crippen molar-refractivity contribution in [2.75, 3.05) is 0 Å². The molecule has 1 atom stereocenters. The molecule has 0 fully saturated rings. The van der Waals surface area contributed by atoms with Crippen molar-refractivity contribution in [3.05, 3.63) is 69.4 Å². The predicted octanol–water partition coefficient (Wildman–Crippen LogP) is 4.62. The lowest BCUT2D eigenvalue weighted by Gasteiger charge is -2.15. The minimum atomic E-state index is -0.173. The molecule has 3 heteroatoms. The summed E-state index contributed by atoms with van der Waals surface area (Å²) in [5.74, 6) is -0.173. The molecule has 0 aliphatic carbocycles. The molecular weight excluding hydrogens is 317 g/mol. The van der Waals surface area contributed by atoms with Gasteiger partial charge in [-0.15, -0.1) is 0 Å². The van der Waals surface area contributed by atoms with Crippen LogP contribution in [-0.2, 0) is 13.0 Å². The average molecular weight is 336 g/mol. The first-order chi connectivity index (χ1) is 9.54. The highest BCUT2D eigenvalue weighted by Gasteiger charge is 2.05. The van der Waals surface area contributed by atoms with E-state index in [1.807, 2.05) is 13.0 Å². The van der Waals surface area contributed by atoms with Gasteiger partial charge in [-0.25, -0.2) is 4.39 Å². The maximum atomic E-state index is 13.2. The smallest absolute Gasteiger partial charge is 0.123 e. The average Bonchev–Trinajstić information content (AvgIpc) is 2.42. The second-order valence-corrected chi connectivity index (χ2v) is 6.10. The second-order valence-electron chi connectivity index (χ2n) is 5.18. The van der Waals surface area contributed by atoms with Gasteiger partial charge >= 0.3 is 0 Å². The Balaban J connectivity index is 1.90. The molecule has 2 rings (SSSR count). The number of aryl methyl sites for hydroxylation is 1. The van der Waals surface area contributed by atoms with Crippen LogP contribution in [0.2, 0.25) is 0 Å². The molecule has 0 heterocycles. The summed E-state index contributed by atoms with van der Waals surface area (Å²) in [6.07, 6.45) is 0.960. The third kappa shape index (κ3) is 4.43. The van der Waals surface area contributed by atoms with Crippen molar-refractivity contribution in [2.24, 2.45) is 0 Å². The topological polar surface area (TPSA) is 12.0 Å². The zero-order valence-electron chi connectivity index (χ0n) is 11.8. The molecule has 1 N–H and O–H groups in total. The van der Waals surface area contributed by atoms with Crippen LogP contribution in [0, 0.1) is 12.7 Å². The predicted molar refractivity (Wildman–Crippen MR) is 85.3 cm³/mol. The third-order valence-electron chi connectivity index (χ3n) is 3.41. The summed E-state index contributed by atoms with van der Waals surface area (Å²) >= 11 is 3.44. The molecule has 2 aromatic rings. The van der Waals surface area contributed by atoms with Crippen LogP contribution in [0.1, 0.15) is 23.6 Å². The molecule has 0 radical (unpaired) electrons. The highest BCUT2D eigenvalue weighted by atomic mass is 79.9. The first-order valence-electron chi connectivity index (χ1n) is 6.77. The Bertz CT molecular complexity index is 566. The summed E-state index contributed by atoms with van der Waals surface area (Å²) < 4.78 is 14.3. The maximum Gasteiger partial charge on any atom is 0.123 e. The summed E-state index contributed by atoms with van der Waals surface area (Å²) in [4.78, 5) is 0. The van der Waals surface area contributed by atoms with Crippen molar-refractivity contribution in [3.8, 4) is 0 Å². The zero-order valence-corrected chi connectivity index (χ0v) is 13.4. The Labute approximate surface area is 128 Å². The van der Waals surface area contributed by atoms with E-state index in [0.717, 1.165) is 22.0 Å². The van der Waals surface area contributed by atoms with E-state index in [1.54, 1.807) is 6.07 Å². The lowest BCUT2D eigenvalue weighted by molar-refractivity contribution is 0.541. The van der Waals surface area contributed by atoms with Gasteiger partial charge in [0.05, 0.1) is 0 Å². The molecule has 106 valence electrons. The van der Waals surface area contributed by atoms with Crippen molar-refractivity contribution in [1.82, 2.24) is 5.32 Å². The van der Waals surface area contributed by atoms with E-state index in [2.05, 4.69) is 52.4 Å². The van der Waals surface area contributed by atoms with Gasteiger partial charge in [0.15, 0.2) is 0 Å². The summed E-state index contributed by atoms with van der Waals surface area (Å²) in [5.41, 5.74) is 3.44. The van der Waals surface area contributed by atoms with Crippen molar-refractivity contribution in [1.29, 1.82) is 0 Å². The molecule has 0 amide bonds. The summed E-state index contributed by atoms with van der Waals surface area (Å²) in [6.45, 7) is 4.85. The van der Waals surface area contributed by atoms with Gasteiger partial charge in [-0.1, -0.05) is 34.1 Å². The molecule has 0 aromatic heterocycles. The van der Waals surface area contributed by atoms with E-state index in [0.29, 0.717) is 12.6 Å². The molecule has 20 heavy (non-hydrogen) atoms. The number of rotatable bonds is 5. The van der Waals surface area contributed by atoms with Gasteiger partial charge in [-0.05, 0) is 61.2 Å². The fourth-order valence-corrected chi connectivity index (χ4v) is 2.43. The molecule has 1 nitrogen and oxygen atoms in total. The Morgan fingerprint density at radius 3 is 2.55 bits per heavy atom. The van der Waals surface area contributed by atoms with E-state index in [-0.39, 0.29) is 5.82 Å². The number of halogens is 2. The van der Waals surface area contributed by atoms with Crippen LogP contribution in [-0.4, -0.2) is 6.04 Å². The van der Waals surface area contributed by atoms with Crippen molar-refractivity contribution >= 4 is 15.9 Å². The van der Waals surface area contributed by atoms with E-state index < -0.39 is 0 Å². The number of hydrogen-bond acceptors (Lipinski definition) is 1. The van der Waals surface area contributed by atoms with Gasteiger partial charge in [-0.2, -0.15) is 0 Å². The summed E-state index contributed by atoms with van der Waals surface area (Å²) in [5, 5.41) is 3.45. The Hall–Kier alpha value is -1.19. The third-order valence-corrected chi connectivity index (χ3v) is 3.94. The van der Waals surface area contributed by atoms with Gasteiger partial charge in [0.2, 0.25) is 0 Å². The van der Waals surface area contributed by atoms with Crippen LogP contribution in [0.4, 0.5) is 4.39 Å². The second kappa shape index (κ2) is 7.00. The Morgan fingerprint density at radius 2 is 1.85 bits per heavy atom. The Morgan fingerprint density at radius 1 is 1.15 bits per heavy atom. The van der Waals surface area contributed by atoms with Gasteiger partial charge < -0.3 is 5.32 Å². The molecule has 0 aliphatic rings. The first-order valence-corrected chi connectivity index (χ1v) is 7.57. The standard InChI is InChI=1S/C17H19BrFN/c1-12-3-8-17(19)10-15(12)11-20-13(2)9-14-4-6-16(18)7-5-14/h3-8,10,13,20H,9,11H2,1-2H3. The summed E-state index contributed by atoms with van der Waals surface area (Å²) in [6, 6.07) is 13.6. The van der Waals surface area contributed by atoms with Crippen molar-refractivity contribution in [3.63, 3.8) is 0 Å². The largest absolute Gasteiger partial charge is 0.310 e. The molecular formula is C17H19BrFN.